The molecule has 0 radical (unpaired) electrons. The summed E-state index contributed by atoms with van der Waals surface area (Å²) in [6, 6.07) is 5.01. The highest BCUT2D eigenvalue weighted by molar-refractivity contribution is 7.98. The lowest BCUT2D eigenvalue weighted by atomic mass is 10.2. The maximum atomic E-state index is 12.8. The van der Waals surface area contributed by atoms with Gasteiger partial charge in [0.05, 0.1) is 0 Å². The number of thioether (sulfide) groups is 1. The molecule has 0 aliphatic heterocycles. The van der Waals surface area contributed by atoms with Crippen molar-refractivity contribution in [1.82, 2.24) is 5.32 Å². The molecule has 1 aromatic rings. The Balaban J connectivity index is 2.53. The normalized spacial score (nSPS) is 12.8. The van der Waals surface area contributed by atoms with E-state index in [4.69, 9.17) is 11.6 Å². The third-order valence-corrected chi connectivity index (χ3v) is 3.54. The third-order valence-electron chi connectivity index (χ3n) is 2.46. The van der Waals surface area contributed by atoms with Gasteiger partial charge in [0, 0.05) is 23.4 Å². The fourth-order valence-electron chi connectivity index (χ4n) is 1.44. The highest BCUT2D eigenvalue weighted by Crippen LogP contribution is 2.17. The van der Waals surface area contributed by atoms with Gasteiger partial charge in [-0.1, -0.05) is 24.6 Å². The molecule has 0 aliphatic rings. The molecular formula is C12H17ClFNS. The molecule has 1 atom stereocenters. The quantitative estimate of drug-likeness (QED) is 0.838. The Hall–Kier alpha value is -0.250. The monoisotopic (exact) mass is 261 g/mol. The summed E-state index contributed by atoms with van der Waals surface area (Å²) in [6.07, 6.45) is 3.18. The Morgan fingerprint density at radius 1 is 1.50 bits per heavy atom. The number of benzene rings is 1. The minimum atomic E-state index is -0.287. The summed E-state index contributed by atoms with van der Waals surface area (Å²) in [6.45, 7) is 2.85. The van der Waals surface area contributed by atoms with Crippen LogP contribution in [-0.4, -0.2) is 18.1 Å². The molecule has 1 rings (SSSR count). The van der Waals surface area contributed by atoms with Crippen LogP contribution in [0, 0.1) is 5.82 Å². The third kappa shape index (κ3) is 4.32. The first-order valence-electron chi connectivity index (χ1n) is 5.33. The Kier molecular flexibility index (Phi) is 6.17. The summed E-state index contributed by atoms with van der Waals surface area (Å²) in [5, 5.41) is 3.91. The van der Waals surface area contributed by atoms with Gasteiger partial charge in [0.25, 0.3) is 0 Å². The number of rotatable bonds is 6. The molecule has 90 valence electrons. The first-order chi connectivity index (χ1) is 7.67. The highest BCUT2D eigenvalue weighted by atomic mass is 35.5. The summed E-state index contributed by atoms with van der Waals surface area (Å²) in [7, 11) is 0. The molecular weight excluding hydrogens is 245 g/mol. The van der Waals surface area contributed by atoms with Gasteiger partial charge in [-0.3, -0.25) is 0 Å². The van der Waals surface area contributed by atoms with Gasteiger partial charge in [0.2, 0.25) is 0 Å². The van der Waals surface area contributed by atoms with E-state index in [2.05, 4.69) is 18.5 Å². The molecule has 16 heavy (non-hydrogen) atoms. The van der Waals surface area contributed by atoms with E-state index in [-0.39, 0.29) is 5.82 Å². The molecule has 1 unspecified atom stereocenters. The van der Waals surface area contributed by atoms with E-state index < -0.39 is 0 Å². The number of halogens is 2. The van der Waals surface area contributed by atoms with Gasteiger partial charge in [0.1, 0.15) is 5.82 Å². The lowest BCUT2D eigenvalue weighted by Gasteiger charge is -2.16. The van der Waals surface area contributed by atoms with Crippen LogP contribution in [0.2, 0.25) is 5.02 Å². The molecule has 0 bridgehead atoms. The number of hydrogen-bond donors (Lipinski definition) is 1. The SMILES string of the molecule is CCC(CSC)NCc1ccc(F)cc1Cl. The van der Waals surface area contributed by atoms with Gasteiger partial charge < -0.3 is 5.32 Å². The van der Waals surface area contributed by atoms with E-state index in [1.807, 2.05) is 11.8 Å². The van der Waals surface area contributed by atoms with E-state index in [1.165, 1.54) is 12.1 Å². The highest BCUT2D eigenvalue weighted by Gasteiger charge is 2.06. The first-order valence-corrected chi connectivity index (χ1v) is 7.10. The van der Waals surface area contributed by atoms with Crippen molar-refractivity contribution in [2.45, 2.75) is 25.9 Å². The summed E-state index contributed by atoms with van der Waals surface area (Å²) in [4.78, 5) is 0. The van der Waals surface area contributed by atoms with Crippen LogP contribution >= 0.6 is 23.4 Å². The van der Waals surface area contributed by atoms with Crippen molar-refractivity contribution >= 4 is 23.4 Å². The minimum Gasteiger partial charge on any atom is -0.309 e. The lowest BCUT2D eigenvalue weighted by molar-refractivity contribution is 0.540. The topological polar surface area (TPSA) is 12.0 Å². The molecule has 0 saturated carbocycles. The zero-order chi connectivity index (χ0) is 12.0. The summed E-state index contributed by atoms with van der Waals surface area (Å²) in [5.74, 6) is 0.792. The summed E-state index contributed by atoms with van der Waals surface area (Å²) >= 11 is 7.77. The van der Waals surface area contributed by atoms with E-state index >= 15 is 0 Å². The van der Waals surface area contributed by atoms with Crippen molar-refractivity contribution in [3.05, 3.63) is 34.6 Å². The second-order valence-corrected chi connectivity index (χ2v) is 5.00. The molecule has 1 N–H and O–H groups in total. The Morgan fingerprint density at radius 2 is 2.25 bits per heavy atom. The van der Waals surface area contributed by atoms with E-state index in [0.717, 1.165) is 17.7 Å². The minimum absolute atomic E-state index is 0.287. The van der Waals surface area contributed by atoms with Crippen molar-refractivity contribution < 1.29 is 4.39 Å². The summed E-state index contributed by atoms with van der Waals surface area (Å²) in [5.41, 5.74) is 0.947. The van der Waals surface area contributed by atoms with Crippen LogP contribution in [0.4, 0.5) is 4.39 Å². The van der Waals surface area contributed by atoms with Gasteiger partial charge in [-0.25, -0.2) is 4.39 Å². The molecule has 0 spiro atoms. The van der Waals surface area contributed by atoms with E-state index in [0.29, 0.717) is 17.6 Å². The van der Waals surface area contributed by atoms with Crippen LogP contribution in [0.15, 0.2) is 18.2 Å². The Bertz CT molecular complexity index is 333. The zero-order valence-electron chi connectivity index (χ0n) is 9.59. The zero-order valence-corrected chi connectivity index (χ0v) is 11.2. The molecule has 1 aromatic carbocycles. The maximum Gasteiger partial charge on any atom is 0.124 e. The molecule has 0 aromatic heterocycles. The smallest absolute Gasteiger partial charge is 0.124 e. The van der Waals surface area contributed by atoms with Gasteiger partial charge in [-0.05, 0) is 30.4 Å². The fourth-order valence-corrected chi connectivity index (χ4v) is 2.43. The van der Waals surface area contributed by atoms with Crippen LogP contribution in [0.3, 0.4) is 0 Å². The molecule has 0 fully saturated rings. The van der Waals surface area contributed by atoms with Crippen molar-refractivity contribution in [3.8, 4) is 0 Å². The average Bonchev–Trinajstić information content (AvgIpc) is 2.26. The number of hydrogen-bond acceptors (Lipinski definition) is 2. The van der Waals surface area contributed by atoms with E-state index in [1.54, 1.807) is 6.07 Å². The Morgan fingerprint density at radius 3 is 2.81 bits per heavy atom. The van der Waals surface area contributed by atoms with Gasteiger partial charge in [-0.2, -0.15) is 11.8 Å². The Labute approximate surface area is 106 Å². The fraction of sp³-hybridized carbons (Fsp3) is 0.500. The predicted octanol–water partition coefficient (Wildman–Crippen LogP) is 3.71. The number of nitrogens with one attached hydrogen (secondary N) is 1. The lowest BCUT2D eigenvalue weighted by Crippen LogP contribution is -2.30. The molecule has 1 nitrogen and oxygen atoms in total. The van der Waals surface area contributed by atoms with Crippen LogP contribution in [0.1, 0.15) is 18.9 Å². The van der Waals surface area contributed by atoms with Gasteiger partial charge in [0.15, 0.2) is 0 Å². The van der Waals surface area contributed by atoms with Crippen LogP contribution < -0.4 is 5.32 Å². The largest absolute Gasteiger partial charge is 0.309 e. The van der Waals surface area contributed by atoms with E-state index in [9.17, 15) is 4.39 Å². The molecule has 4 heteroatoms. The van der Waals surface area contributed by atoms with Gasteiger partial charge >= 0.3 is 0 Å². The van der Waals surface area contributed by atoms with Crippen LogP contribution in [0.5, 0.6) is 0 Å². The van der Waals surface area contributed by atoms with Gasteiger partial charge in [-0.15, -0.1) is 0 Å². The second kappa shape index (κ2) is 7.15. The molecule has 0 aliphatic carbocycles. The van der Waals surface area contributed by atoms with Crippen molar-refractivity contribution in [1.29, 1.82) is 0 Å². The van der Waals surface area contributed by atoms with Crippen LogP contribution in [-0.2, 0) is 6.54 Å². The molecule has 0 heterocycles. The van der Waals surface area contributed by atoms with Crippen molar-refractivity contribution in [3.63, 3.8) is 0 Å². The molecule has 0 saturated heterocycles. The predicted molar refractivity (Wildman–Crippen MR) is 70.7 cm³/mol. The van der Waals surface area contributed by atoms with Crippen molar-refractivity contribution in [2.75, 3.05) is 12.0 Å². The second-order valence-electron chi connectivity index (χ2n) is 3.68. The van der Waals surface area contributed by atoms with Crippen LogP contribution in [0.25, 0.3) is 0 Å². The first kappa shape index (κ1) is 13.8. The van der Waals surface area contributed by atoms with Crippen molar-refractivity contribution in [2.24, 2.45) is 0 Å². The average molecular weight is 262 g/mol. The standard InChI is InChI=1S/C12H17ClFNS/c1-3-11(8-16-2)15-7-9-4-5-10(14)6-12(9)13/h4-6,11,15H,3,7-8H2,1-2H3. The summed E-state index contributed by atoms with van der Waals surface area (Å²) < 4.78 is 12.8. The maximum absolute atomic E-state index is 12.8. The molecule has 0 amide bonds.